The van der Waals surface area contributed by atoms with E-state index in [1.807, 2.05) is 31.9 Å². The minimum absolute atomic E-state index is 0.0343. The Morgan fingerprint density at radius 2 is 2.03 bits per heavy atom. The van der Waals surface area contributed by atoms with Gasteiger partial charge in [-0.25, -0.2) is 4.99 Å². The largest absolute Gasteiger partial charge is 0.496 e. The summed E-state index contributed by atoms with van der Waals surface area (Å²) in [5.74, 6) is 0.553. The molecule has 0 radical (unpaired) electrons. The molecule has 0 bridgehead atoms. The van der Waals surface area contributed by atoms with Gasteiger partial charge in [0.2, 0.25) is 0 Å². The lowest BCUT2D eigenvalue weighted by molar-refractivity contribution is -0.137. The summed E-state index contributed by atoms with van der Waals surface area (Å²) in [5.41, 5.74) is 1.95. The van der Waals surface area contributed by atoms with E-state index in [1.54, 1.807) is 18.5 Å². The Labute approximate surface area is 173 Å². The zero-order chi connectivity index (χ0) is 21.9. The van der Waals surface area contributed by atoms with Gasteiger partial charge in [0.25, 0.3) is 0 Å². The summed E-state index contributed by atoms with van der Waals surface area (Å²) in [6.45, 7) is 4.76. The van der Waals surface area contributed by atoms with Crippen molar-refractivity contribution in [2.75, 3.05) is 20.7 Å². The smallest absolute Gasteiger partial charge is 0.417 e. The number of ether oxygens (including phenoxy) is 1. The van der Waals surface area contributed by atoms with Crippen molar-refractivity contribution < 1.29 is 22.7 Å². The number of hydrogen-bond acceptors (Lipinski definition) is 4. The summed E-state index contributed by atoms with van der Waals surface area (Å²) in [4.78, 5) is 11.9. The zero-order valence-corrected chi connectivity index (χ0v) is 17.3. The van der Waals surface area contributed by atoms with Crippen molar-refractivity contribution in [3.8, 4) is 5.75 Å². The number of benzene rings is 2. The number of oxime groups is 1. The molecule has 0 amide bonds. The summed E-state index contributed by atoms with van der Waals surface area (Å²) < 4.78 is 45.6. The van der Waals surface area contributed by atoms with E-state index in [0.29, 0.717) is 5.75 Å². The molecule has 0 saturated heterocycles. The highest BCUT2D eigenvalue weighted by atomic mass is 19.4. The van der Waals surface area contributed by atoms with Crippen LogP contribution < -0.4 is 4.74 Å². The maximum atomic E-state index is 13.4. The van der Waals surface area contributed by atoms with E-state index < -0.39 is 17.8 Å². The van der Waals surface area contributed by atoms with Gasteiger partial charge in [-0.1, -0.05) is 23.4 Å². The predicted molar refractivity (Wildman–Crippen MR) is 111 cm³/mol. The number of methoxy groups -OCH3 is 1. The first-order valence-electron chi connectivity index (χ1n) is 9.56. The third-order valence-electron chi connectivity index (χ3n) is 5.00. The average molecular weight is 419 g/mol. The molecule has 5 nitrogen and oxygen atoms in total. The predicted octanol–water partition coefficient (Wildman–Crippen LogP) is 5.50. The van der Waals surface area contributed by atoms with Crippen molar-refractivity contribution in [3.63, 3.8) is 0 Å². The van der Waals surface area contributed by atoms with Crippen LogP contribution in [0, 0.1) is 6.92 Å². The first kappa shape index (κ1) is 21.7. The highest BCUT2D eigenvalue weighted by Crippen LogP contribution is 2.40. The van der Waals surface area contributed by atoms with Gasteiger partial charge in [-0.15, -0.1) is 0 Å². The van der Waals surface area contributed by atoms with E-state index in [2.05, 4.69) is 10.1 Å². The maximum Gasteiger partial charge on any atom is 0.417 e. The molecule has 1 atom stereocenters. The van der Waals surface area contributed by atoms with Gasteiger partial charge in [-0.05, 0) is 31.5 Å². The average Bonchev–Trinajstić information content (AvgIpc) is 3.21. The minimum atomic E-state index is -4.46. The monoisotopic (exact) mass is 419 g/mol. The molecule has 3 rings (SSSR count). The van der Waals surface area contributed by atoms with Crippen molar-refractivity contribution in [3.05, 3.63) is 58.7 Å². The standard InChI is InChI=1S/C22H24F3N3O2/c1-5-28(3)13-26-18-11-20(29-4)16(10-14(18)2)21-12-19(27-30-21)15-8-6-7-9-17(15)22(23,24)25/h6-11,13,21H,5,12H2,1-4H3/b26-13+. The molecule has 2 aromatic carbocycles. The fraction of sp³-hybridized carbons (Fsp3) is 0.364. The molecule has 1 aliphatic rings. The summed E-state index contributed by atoms with van der Waals surface area (Å²) >= 11 is 0. The molecule has 0 aromatic heterocycles. The Bertz CT molecular complexity index is 971. The topological polar surface area (TPSA) is 46.4 Å². The van der Waals surface area contributed by atoms with E-state index >= 15 is 0 Å². The summed E-state index contributed by atoms with van der Waals surface area (Å²) in [6.07, 6.45) is -3.05. The molecule has 2 aromatic rings. The van der Waals surface area contributed by atoms with Crippen molar-refractivity contribution in [1.29, 1.82) is 0 Å². The molecule has 0 N–H and O–H groups in total. The Morgan fingerprint density at radius 1 is 1.30 bits per heavy atom. The van der Waals surface area contributed by atoms with Crippen LogP contribution in [-0.4, -0.2) is 37.7 Å². The fourth-order valence-corrected chi connectivity index (χ4v) is 3.19. The molecule has 160 valence electrons. The number of aliphatic imine (C=N–C) groups is 1. The summed E-state index contributed by atoms with van der Waals surface area (Å²) in [5, 5.41) is 3.96. The number of aryl methyl sites for hydroxylation is 1. The molecule has 0 aliphatic carbocycles. The van der Waals surface area contributed by atoms with Gasteiger partial charge in [0.05, 0.1) is 30.4 Å². The third-order valence-corrected chi connectivity index (χ3v) is 5.00. The first-order valence-corrected chi connectivity index (χ1v) is 9.56. The van der Waals surface area contributed by atoms with Gasteiger partial charge >= 0.3 is 6.18 Å². The van der Waals surface area contributed by atoms with Crippen LogP contribution in [0.25, 0.3) is 0 Å². The van der Waals surface area contributed by atoms with Crippen LogP contribution in [0.4, 0.5) is 18.9 Å². The lowest BCUT2D eigenvalue weighted by Gasteiger charge is -2.16. The SMILES string of the molecule is CCN(C)/C=N/c1cc(OC)c(C2CC(c3ccccc3C(F)(F)F)=NO2)cc1C. The molecular formula is C22H24F3N3O2. The van der Waals surface area contributed by atoms with Crippen LogP contribution in [-0.2, 0) is 11.0 Å². The number of nitrogens with zero attached hydrogens (tertiary/aromatic N) is 3. The number of hydrogen-bond donors (Lipinski definition) is 0. The van der Waals surface area contributed by atoms with E-state index in [4.69, 9.17) is 9.57 Å². The lowest BCUT2D eigenvalue weighted by Crippen LogP contribution is -2.14. The molecule has 8 heteroatoms. The second kappa shape index (κ2) is 8.77. The Balaban J connectivity index is 1.88. The molecule has 0 saturated carbocycles. The molecule has 1 aliphatic heterocycles. The van der Waals surface area contributed by atoms with Crippen LogP contribution in [0.1, 0.15) is 41.7 Å². The summed E-state index contributed by atoms with van der Waals surface area (Å²) in [6, 6.07) is 9.08. The first-order chi connectivity index (χ1) is 14.2. The molecule has 0 fully saturated rings. The Morgan fingerprint density at radius 3 is 2.70 bits per heavy atom. The van der Waals surface area contributed by atoms with Crippen LogP contribution in [0.15, 0.2) is 46.5 Å². The van der Waals surface area contributed by atoms with Crippen LogP contribution in [0.5, 0.6) is 5.75 Å². The normalized spacial score (nSPS) is 16.5. The third kappa shape index (κ3) is 4.58. The van der Waals surface area contributed by atoms with Crippen LogP contribution in [0.2, 0.25) is 0 Å². The molecule has 1 unspecified atom stereocenters. The Kier molecular flexibility index (Phi) is 6.34. The summed E-state index contributed by atoms with van der Waals surface area (Å²) in [7, 11) is 3.46. The minimum Gasteiger partial charge on any atom is -0.496 e. The van der Waals surface area contributed by atoms with Crippen molar-refractivity contribution >= 4 is 17.7 Å². The molecular weight excluding hydrogens is 395 g/mol. The second-order valence-electron chi connectivity index (χ2n) is 7.08. The number of alkyl halides is 3. The van der Waals surface area contributed by atoms with Gasteiger partial charge < -0.3 is 14.5 Å². The van der Waals surface area contributed by atoms with Crippen molar-refractivity contribution in [1.82, 2.24) is 4.90 Å². The quantitative estimate of drug-likeness (QED) is 0.459. The molecule has 0 spiro atoms. The molecule has 30 heavy (non-hydrogen) atoms. The highest BCUT2D eigenvalue weighted by Gasteiger charge is 2.36. The maximum absolute atomic E-state index is 13.4. The zero-order valence-electron chi connectivity index (χ0n) is 17.3. The number of rotatable bonds is 6. The lowest BCUT2D eigenvalue weighted by atomic mass is 9.95. The fourth-order valence-electron chi connectivity index (χ4n) is 3.19. The van der Waals surface area contributed by atoms with Crippen molar-refractivity contribution in [2.24, 2.45) is 10.1 Å². The highest BCUT2D eigenvalue weighted by molar-refractivity contribution is 6.02. The Hall–Kier alpha value is -3.03. The van der Waals surface area contributed by atoms with Gasteiger partial charge in [0.15, 0.2) is 6.10 Å². The molecule has 1 heterocycles. The second-order valence-corrected chi connectivity index (χ2v) is 7.08. The van der Waals surface area contributed by atoms with Crippen LogP contribution in [0.3, 0.4) is 0 Å². The van der Waals surface area contributed by atoms with Gasteiger partial charge in [-0.2, -0.15) is 13.2 Å². The van der Waals surface area contributed by atoms with Gasteiger partial charge in [0.1, 0.15) is 5.75 Å². The van der Waals surface area contributed by atoms with E-state index in [0.717, 1.165) is 29.4 Å². The van der Waals surface area contributed by atoms with Crippen LogP contribution >= 0.6 is 0 Å². The van der Waals surface area contributed by atoms with Crippen molar-refractivity contribution in [2.45, 2.75) is 32.5 Å². The van der Waals surface area contributed by atoms with Gasteiger partial charge in [-0.3, -0.25) is 0 Å². The van der Waals surface area contributed by atoms with E-state index in [9.17, 15) is 13.2 Å². The van der Waals surface area contributed by atoms with E-state index in [-0.39, 0.29) is 17.7 Å². The van der Waals surface area contributed by atoms with Gasteiger partial charge in [0, 0.05) is 37.2 Å². The van der Waals surface area contributed by atoms with E-state index in [1.165, 1.54) is 19.2 Å². The number of halogens is 3.